The third kappa shape index (κ3) is 3.31. The minimum atomic E-state index is 0.295. The molecule has 21 heavy (non-hydrogen) atoms. The van der Waals surface area contributed by atoms with Crippen LogP contribution in [-0.2, 0) is 5.88 Å². The summed E-state index contributed by atoms with van der Waals surface area (Å²) in [5.41, 5.74) is 0.988. The van der Waals surface area contributed by atoms with E-state index in [2.05, 4.69) is 31.8 Å². The highest BCUT2D eigenvalue weighted by atomic mass is 35.5. The molecule has 0 amide bonds. The van der Waals surface area contributed by atoms with E-state index in [-0.39, 0.29) is 0 Å². The monoisotopic (exact) mass is 303 g/mol. The number of rotatable bonds is 3. The minimum Gasteiger partial charge on any atom is -0.338 e. The first-order valence-corrected chi connectivity index (χ1v) is 7.59. The van der Waals surface area contributed by atoms with E-state index in [0.29, 0.717) is 17.5 Å². The number of nitrogens with zero attached hydrogens (tertiary/aromatic N) is 5. The second kappa shape index (κ2) is 6.37. The van der Waals surface area contributed by atoms with Gasteiger partial charge in [-0.05, 0) is 7.05 Å². The summed E-state index contributed by atoms with van der Waals surface area (Å²) < 4.78 is 0. The smallest absolute Gasteiger partial charge is 0.229 e. The fourth-order valence-electron chi connectivity index (χ4n) is 2.33. The molecule has 5 nitrogen and oxygen atoms in total. The number of alkyl halides is 1. The van der Waals surface area contributed by atoms with Crippen LogP contribution in [-0.4, -0.2) is 53.1 Å². The predicted molar refractivity (Wildman–Crippen MR) is 84.5 cm³/mol. The molecule has 1 saturated heterocycles. The standard InChI is InChI=1S/C15H18ClN5/c1-20-7-9-21(10-8-20)15-18-13(11-16)17-14(19-15)12-5-3-2-4-6-12/h2-6H,7-11H2,1H3. The van der Waals surface area contributed by atoms with Gasteiger partial charge in [-0.1, -0.05) is 30.3 Å². The van der Waals surface area contributed by atoms with Crippen LogP contribution in [0.25, 0.3) is 11.4 Å². The Labute approximate surface area is 129 Å². The maximum absolute atomic E-state index is 5.94. The minimum absolute atomic E-state index is 0.295. The van der Waals surface area contributed by atoms with Gasteiger partial charge < -0.3 is 9.80 Å². The molecule has 0 aliphatic carbocycles. The number of halogens is 1. The van der Waals surface area contributed by atoms with Crippen LogP contribution >= 0.6 is 11.6 Å². The maximum atomic E-state index is 5.94. The van der Waals surface area contributed by atoms with E-state index in [9.17, 15) is 0 Å². The van der Waals surface area contributed by atoms with Gasteiger partial charge in [0.1, 0.15) is 5.82 Å². The molecule has 110 valence electrons. The first-order chi connectivity index (χ1) is 10.3. The molecule has 3 rings (SSSR count). The fraction of sp³-hybridized carbons (Fsp3) is 0.400. The largest absolute Gasteiger partial charge is 0.338 e. The van der Waals surface area contributed by atoms with Gasteiger partial charge in [0.15, 0.2) is 5.82 Å². The van der Waals surface area contributed by atoms with Crippen molar-refractivity contribution in [2.24, 2.45) is 0 Å². The molecule has 1 aliphatic heterocycles. The fourth-order valence-corrected chi connectivity index (χ4v) is 2.45. The predicted octanol–water partition coefficient (Wildman–Crippen LogP) is 2.03. The van der Waals surface area contributed by atoms with Crippen LogP contribution in [0.1, 0.15) is 5.82 Å². The molecule has 0 bridgehead atoms. The van der Waals surface area contributed by atoms with Gasteiger partial charge in [0.25, 0.3) is 0 Å². The van der Waals surface area contributed by atoms with Gasteiger partial charge in [-0.15, -0.1) is 11.6 Å². The average Bonchev–Trinajstić information content (AvgIpc) is 2.56. The molecule has 0 saturated carbocycles. The third-order valence-corrected chi connectivity index (χ3v) is 3.85. The highest BCUT2D eigenvalue weighted by Crippen LogP contribution is 2.19. The number of likely N-dealkylation sites (N-methyl/N-ethyl adjacent to an activating group) is 1. The van der Waals surface area contributed by atoms with Crippen molar-refractivity contribution in [1.29, 1.82) is 0 Å². The van der Waals surface area contributed by atoms with E-state index in [1.54, 1.807) is 0 Å². The Balaban J connectivity index is 1.94. The van der Waals surface area contributed by atoms with Crippen LogP contribution in [0, 0.1) is 0 Å². The SMILES string of the molecule is CN1CCN(c2nc(CCl)nc(-c3ccccc3)n2)CC1. The summed E-state index contributed by atoms with van der Waals surface area (Å²) in [5, 5.41) is 0. The lowest BCUT2D eigenvalue weighted by molar-refractivity contribution is 0.311. The lowest BCUT2D eigenvalue weighted by atomic mass is 10.2. The average molecular weight is 304 g/mol. The maximum Gasteiger partial charge on any atom is 0.229 e. The summed E-state index contributed by atoms with van der Waals surface area (Å²) in [7, 11) is 2.13. The molecule has 0 unspecified atom stereocenters. The first kappa shape index (κ1) is 14.2. The number of piperazine rings is 1. The number of hydrogen-bond donors (Lipinski definition) is 0. The van der Waals surface area contributed by atoms with Gasteiger partial charge in [-0.3, -0.25) is 0 Å². The Morgan fingerprint density at radius 1 is 1.00 bits per heavy atom. The number of aromatic nitrogens is 3. The Morgan fingerprint density at radius 3 is 2.38 bits per heavy atom. The molecule has 1 fully saturated rings. The highest BCUT2D eigenvalue weighted by molar-refractivity contribution is 6.16. The number of benzene rings is 1. The van der Waals surface area contributed by atoms with Crippen LogP contribution < -0.4 is 4.90 Å². The topological polar surface area (TPSA) is 45.2 Å². The molecule has 1 aromatic heterocycles. The summed E-state index contributed by atoms with van der Waals surface area (Å²) in [6.07, 6.45) is 0. The van der Waals surface area contributed by atoms with Crippen molar-refractivity contribution in [3.05, 3.63) is 36.2 Å². The molecular formula is C15H18ClN5. The first-order valence-electron chi connectivity index (χ1n) is 7.06. The van der Waals surface area contributed by atoms with Gasteiger partial charge in [0.2, 0.25) is 5.95 Å². The highest BCUT2D eigenvalue weighted by Gasteiger charge is 2.18. The van der Waals surface area contributed by atoms with E-state index < -0.39 is 0 Å². The van der Waals surface area contributed by atoms with Crippen molar-refractivity contribution < 1.29 is 0 Å². The van der Waals surface area contributed by atoms with Gasteiger partial charge in [-0.2, -0.15) is 9.97 Å². The lowest BCUT2D eigenvalue weighted by Crippen LogP contribution is -2.45. The Morgan fingerprint density at radius 2 is 1.71 bits per heavy atom. The van der Waals surface area contributed by atoms with Crippen molar-refractivity contribution in [2.75, 3.05) is 38.1 Å². The van der Waals surface area contributed by atoms with E-state index in [1.807, 2.05) is 30.3 Å². The van der Waals surface area contributed by atoms with Gasteiger partial charge >= 0.3 is 0 Å². The summed E-state index contributed by atoms with van der Waals surface area (Å²) in [6.45, 7) is 3.89. The molecule has 2 aromatic rings. The molecule has 0 spiro atoms. The summed E-state index contributed by atoms with van der Waals surface area (Å²) in [4.78, 5) is 18.0. The van der Waals surface area contributed by atoms with Crippen molar-refractivity contribution in [3.8, 4) is 11.4 Å². The second-order valence-corrected chi connectivity index (χ2v) is 5.43. The quantitative estimate of drug-likeness (QED) is 0.812. The molecule has 1 aliphatic rings. The molecule has 0 N–H and O–H groups in total. The zero-order chi connectivity index (χ0) is 14.7. The van der Waals surface area contributed by atoms with Gasteiger partial charge in [0.05, 0.1) is 5.88 Å². The number of hydrogen-bond acceptors (Lipinski definition) is 5. The van der Waals surface area contributed by atoms with E-state index in [1.165, 1.54) is 0 Å². The van der Waals surface area contributed by atoms with Crippen LogP contribution in [0.3, 0.4) is 0 Å². The number of anilines is 1. The van der Waals surface area contributed by atoms with Crippen LogP contribution in [0.15, 0.2) is 30.3 Å². The molecule has 0 atom stereocenters. The third-order valence-electron chi connectivity index (χ3n) is 3.61. The van der Waals surface area contributed by atoms with E-state index in [0.717, 1.165) is 37.7 Å². The van der Waals surface area contributed by atoms with Gasteiger partial charge in [-0.25, -0.2) is 4.98 Å². The summed E-state index contributed by atoms with van der Waals surface area (Å²) in [5.74, 6) is 2.34. The Kier molecular flexibility index (Phi) is 4.31. The van der Waals surface area contributed by atoms with Crippen LogP contribution in [0.5, 0.6) is 0 Å². The molecule has 0 radical (unpaired) electrons. The summed E-state index contributed by atoms with van der Waals surface area (Å²) >= 11 is 5.94. The lowest BCUT2D eigenvalue weighted by Gasteiger charge is -2.32. The molecule has 6 heteroatoms. The Bertz CT molecular complexity index is 596. The zero-order valence-electron chi connectivity index (χ0n) is 12.0. The van der Waals surface area contributed by atoms with Crippen molar-refractivity contribution in [2.45, 2.75) is 5.88 Å². The molecule has 1 aromatic carbocycles. The zero-order valence-corrected chi connectivity index (χ0v) is 12.8. The normalized spacial score (nSPS) is 16.2. The van der Waals surface area contributed by atoms with Crippen molar-refractivity contribution in [1.82, 2.24) is 19.9 Å². The summed E-state index contributed by atoms with van der Waals surface area (Å²) in [6, 6.07) is 9.95. The van der Waals surface area contributed by atoms with Crippen LogP contribution in [0.4, 0.5) is 5.95 Å². The second-order valence-electron chi connectivity index (χ2n) is 5.17. The molecule has 2 heterocycles. The van der Waals surface area contributed by atoms with Crippen molar-refractivity contribution in [3.63, 3.8) is 0 Å². The Hall–Kier alpha value is -1.72. The molecular weight excluding hydrogens is 286 g/mol. The van der Waals surface area contributed by atoms with E-state index >= 15 is 0 Å². The van der Waals surface area contributed by atoms with E-state index in [4.69, 9.17) is 11.6 Å². The van der Waals surface area contributed by atoms with Crippen molar-refractivity contribution >= 4 is 17.5 Å². The van der Waals surface area contributed by atoms with Gasteiger partial charge in [0, 0.05) is 31.7 Å². The van der Waals surface area contributed by atoms with Crippen LogP contribution in [0.2, 0.25) is 0 Å².